The summed E-state index contributed by atoms with van der Waals surface area (Å²) in [4.78, 5) is 11.9. The first-order valence-electron chi connectivity index (χ1n) is 8.73. The normalized spacial score (nSPS) is 11.2. The van der Waals surface area contributed by atoms with E-state index in [9.17, 15) is 9.18 Å². The van der Waals surface area contributed by atoms with E-state index in [0.717, 1.165) is 16.8 Å². The average molecular weight is 361 g/mol. The summed E-state index contributed by atoms with van der Waals surface area (Å²) >= 11 is 0. The van der Waals surface area contributed by atoms with Crippen molar-refractivity contribution in [3.8, 4) is 5.75 Å². The van der Waals surface area contributed by atoms with Gasteiger partial charge in [-0.25, -0.2) is 4.39 Å². The lowest BCUT2D eigenvalue weighted by Crippen LogP contribution is -2.11. The van der Waals surface area contributed by atoms with Gasteiger partial charge in [-0.2, -0.15) is 0 Å². The van der Waals surface area contributed by atoms with Crippen LogP contribution in [0.25, 0.3) is 21.8 Å². The fourth-order valence-corrected chi connectivity index (χ4v) is 3.54. The number of carbonyl (C=O) groups excluding carboxylic acids is 1. The van der Waals surface area contributed by atoms with Crippen LogP contribution < -0.4 is 10.5 Å². The van der Waals surface area contributed by atoms with Crippen LogP contribution in [0.5, 0.6) is 5.75 Å². The number of carbonyl (C=O) groups is 1. The van der Waals surface area contributed by atoms with Gasteiger partial charge in [0.2, 0.25) is 5.91 Å². The zero-order chi connectivity index (χ0) is 19.0. The molecule has 3 aromatic carbocycles. The predicted octanol–water partition coefficient (Wildman–Crippen LogP) is 4.28. The Morgan fingerprint density at radius 1 is 1.19 bits per heavy atom. The first-order valence-corrected chi connectivity index (χ1v) is 8.73. The third kappa shape index (κ3) is 2.81. The van der Waals surface area contributed by atoms with Crippen LogP contribution in [-0.2, 0) is 6.54 Å². The molecule has 0 spiro atoms. The number of para-hydroxylation sites is 1. The molecule has 4 aromatic rings. The van der Waals surface area contributed by atoms with Crippen LogP contribution >= 0.6 is 0 Å². The Morgan fingerprint density at radius 3 is 2.78 bits per heavy atom. The van der Waals surface area contributed by atoms with Gasteiger partial charge in [0, 0.05) is 21.9 Å². The summed E-state index contributed by atoms with van der Waals surface area (Å²) in [6.45, 7) is 2.86. The van der Waals surface area contributed by atoms with Gasteiger partial charge in [-0.1, -0.05) is 30.3 Å². The van der Waals surface area contributed by atoms with E-state index in [1.165, 1.54) is 12.1 Å². The minimum atomic E-state index is -0.549. The Morgan fingerprint density at radius 2 is 2.00 bits per heavy atom. The summed E-state index contributed by atoms with van der Waals surface area (Å²) in [7, 11) is 0. The minimum Gasteiger partial charge on any atom is -0.494 e. The first kappa shape index (κ1) is 17.1. The second-order valence-electron chi connectivity index (χ2n) is 6.24. The molecule has 4 nitrogen and oxygen atoms in total. The number of nitrogens with two attached hydrogens (primary N) is 1. The summed E-state index contributed by atoms with van der Waals surface area (Å²) in [5.74, 6) is -0.169. The highest BCUT2D eigenvalue weighted by molar-refractivity contribution is 6.17. The SMILES string of the molecule is CCOc1ccccc1Cn1c2cccc(C(N)=O)c2c2[c]ccc(F)c21. The average Bonchev–Trinajstić information content (AvgIpc) is 2.99. The van der Waals surface area contributed by atoms with Crippen LogP contribution in [0.3, 0.4) is 0 Å². The number of hydrogen-bond donors (Lipinski definition) is 1. The van der Waals surface area contributed by atoms with E-state index in [0.29, 0.717) is 35.0 Å². The van der Waals surface area contributed by atoms with Crippen LogP contribution in [0, 0.1) is 11.9 Å². The highest BCUT2D eigenvalue weighted by atomic mass is 19.1. The molecule has 5 heteroatoms. The summed E-state index contributed by atoms with van der Waals surface area (Å²) in [6.07, 6.45) is 0. The van der Waals surface area contributed by atoms with Crippen molar-refractivity contribution in [3.05, 3.63) is 77.6 Å². The van der Waals surface area contributed by atoms with Crippen molar-refractivity contribution < 1.29 is 13.9 Å². The number of nitrogens with zero attached hydrogens (tertiary/aromatic N) is 1. The topological polar surface area (TPSA) is 57.2 Å². The number of amides is 1. The third-order valence-electron chi connectivity index (χ3n) is 4.64. The monoisotopic (exact) mass is 361 g/mol. The lowest BCUT2D eigenvalue weighted by Gasteiger charge is -2.13. The van der Waals surface area contributed by atoms with Crippen LogP contribution in [0.15, 0.2) is 54.6 Å². The molecule has 2 N–H and O–H groups in total. The van der Waals surface area contributed by atoms with Crippen molar-refractivity contribution in [2.45, 2.75) is 13.5 Å². The molecule has 0 saturated carbocycles. The molecule has 135 valence electrons. The molecular weight excluding hydrogens is 343 g/mol. The van der Waals surface area contributed by atoms with Gasteiger partial charge >= 0.3 is 0 Å². The molecule has 0 aliphatic heterocycles. The lowest BCUT2D eigenvalue weighted by molar-refractivity contribution is 0.100. The van der Waals surface area contributed by atoms with Gasteiger partial charge in [0.05, 0.1) is 24.2 Å². The van der Waals surface area contributed by atoms with Crippen LogP contribution in [0.4, 0.5) is 4.39 Å². The van der Waals surface area contributed by atoms with Gasteiger partial charge in [0.15, 0.2) is 0 Å². The number of fused-ring (bicyclic) bond motifs is 3. The fraction of sp³-hybridized carbons (Fsp3) is 0.136. The van der Waals surface area contributed by atoms with E-state index in [4.69, 9.17) is 10.5 Å². The molecule has 4 rings (SSSR count). The maximum Gasteiger partial charge on any atom is 0.249 e. The van der Waals surface area contributed by atoms with Gasteiger partial charge in [-0.15, -0.1) is 0 Å². The number of rotatable bonds is 5. The first-order chi connectivity index (χ1) is 13.1. The van der Waals surface area contributed by atoms with E-state index in [1.54, 1.807) is 12.1 Å². The van der Waals surface area contributed by atoms with E-state index in [-0.39, 0.29) is 5.82 Å². The number of ether oxygens (including phenoxy) is 1. The van der Waals surface area contributed by atoms with Gasteiger partial charge in [0.1, 0.15) is 11.6 Å². The molecule has 1 amide bonds. The number of primary amides is 1. The molecule has 1 aromatic heterocycles. The van der Waals surface area contributed by atoms with Crippen LogP contribution in [0.1, 0.15) is 22.8 Å². The molecule has 0 bridgehead atoms. The molecule has 0 aliphatic rings. The standard InChI is InChI=1S/C22H18FN2O2/c1-2-27-19-12-4-3-7-14(19)13-25-18-11-6-9-16(22(24)26)20(18)15-8-5-10-17(23)21(15)25/h3-7,9-12H,2,13H2,1H3,(H2,24,26). The predicted molar refractivity (Wildman–Crippen MR) is 103 cm³/mol. The minimum absolute atomic E-state index is 0.358. The van der Waals surface area contributed by atoms with Crippen LogP contribution in [-0.4, -0.2) is 17.1 Å². The smallest absolute Gasteiger partial charge is 0.249 e. The van der Waals surface area contributed by atoms with Crippen molar-refractivity contribution in [1.29, 1.82) is 0 Å². The van der Waals surface area contributed by atoms with Crippen molar-refractivity contribution in [2.75, 3.05) is 6.61 Å². The number of aromatic nitrogens is 1. The molecule has 27 heavy (non-hydrogen) atoms. The molecule has 0 saturated heterocycles. The number of benzene rings is 3. The Hall–Kier alpha value is -3.34. The van der Waals surface area contributed by atoms with E-state index in [2.05, 4.69) is 6.07 Å². The Labute approximate surface area is 156 Å². The van der Waals surface area contributed by atoms with Crippen molar-refractivity contribution in [2.24, 2.45) is 5.73 Å². The zero-order valence-electron chi connectivity index (χ0n) is 14.8. The molecular formula is C22H18FN2O2. The van der Waals surface area contributed by atoms with Gasteiger partial charge < -0.3 is 15.0 Å². The molecule has 0 aliphatic carbocycles. The highest BCUT2D eigenvalue weighted by Crippen LogP contribution is 2.34. The third-order valence-corrected chi connectivity index (χ3v) is 4.64. The highest BCUT2D eigenvalue weighted by Gasteiger charge is 2.19. The quantitative estimate of drug-likeness (QED) is 0.577. The summed E-state index contributed by atoms with van der Waals surface area (Å²) in [5.41, 5.74) is 7.96. The maximum absolute atomic E-state index is 14.8. The van der Waals surface area contributed by atoms with Crippen LogP contribution in [0.2, 0.25) is 0 Å². The summed E-state index contributed by atoms with van der Waals surface area (Å²) < 4.78 is 22.3. The van der Waals surface area contributed by atoms with Crippen molar-refractivity contribution in [3.63, 3.8) is 0 Å². The van der Waals surface area contributed by atoms with Crippen molar-refractivity contribution >= 4 is 27.7 Å². The van der Waals surface area contributed by atoms with Gasteiger partial charge in [-0.05, 0) is 37.3 Å². The summed E-state index contributed by atoms with van der Waals surface area (Å²) in [6, 6.07) is 18.9. The second-order valence-corrected chi connectivity index (χ2v) is 6.24. The number of halogens is 1. The second kappa shape index (κ2) is 6.76. The van der Waals surface area contributed by atoms with E-state index >= 15 is 0 Å². The molecule has 0 unspecified atom stereocenters. The fourth-order valence-electron chi connectivity index (χ4n) is 3.54. The Kier molecular flexibility index (Phi) is 4.28. The Bertz CT molecular complexity index is 1160. The summed E-state index contributed by atoms with van der Waals surface area (Å²) in [5, 5.41) is 1.17. The molecule has 0 fully saturated rings. The molecule has 1 radical (unpaired) electrons. The molecule has 0 atom stereocenters. The van der Waals surface area contributed by atoms with Gasteiger partial charge in [-0.3, -0.25) is 4.79 Å². The van der Waals surface area contributed by atoms with E-state index < -0.39 is 5.91 Å². The lowest BCUT2D eigenvalue weighted by atomic mass is 10.1. The van der Waals surface area contributed by atoms with Crippen molar-refractivity contribution in [1.82, 2.24) is 4.57 Å². The maximum atomic E-state index is 14.8. The van der Waals surface area contributed by atoms with E-state index in [1.807, 2.05) is 41.8 Å². The largest absolute Gasteiger partial charge is 0.494 e. The Balaban J connectivity index is 2.03. The molecule has 1 heterocycles. The zero-order valence-corrected chi connectivity index (χ0v) is 14.8. The van der Waals surface area contributed by atoms with Gasteiger partial charge in [0.25, 0.3) is 0 Å². The number of hydrogen-bond acceptors (Lipinski definition) is 2.